The zero-order chi connectivity index (χ0) is 90.9. The zero-order valence-electron chi connectivity index (χ0n) is 69.9. The topological polar surface area (TPSA) is 719 Å². The summed E-state index contributed by atoms with van der Waals surface area (Å²) in [6.07, 6.45) is -36.8. The van der Waals surface area contributed by atoms with Crippen molar-refractivity contribution in [2.24, 2.45) is 0 Å². The number of aliphatic hydroxyl groups excluding tert-OH is 19. The van der Waals surface area contributed by atoms with E-state index in [1.165, 1.54) is 11.8 Å². The molecule has 0 saturated carbocycles. The van der Waals surface area contributed by atoms with Gasteiger partial charge in [-0.3, -0.25) is 43.3 Å². The van der Waals surface area contributed by atoms with Gasteiger partial charge in [-0.1, -0.05) is 6.42 Å². The van der Waals surface area contributed by atoms with Gasteiger partial charge in [0.05, 0.1) is 84.2 Å². The molecule has 7 amide bonds. The normalized spacial score (nSPS) is 34.0. The molecule has 6 fully saturated rings. The highest BCUT2D eigenvalue weighted by molar-refractivity contribution is 5.84. The van der Waals surface area contributed by atoms with Crippen LogP contribution in [0.5, 0.6) is 0 Å². The van der Waals surface area contributed by atoms with Gasteiger partial charge in [0.2, 0.25) is 41.4 Å². The standard InChI is InChI=1S/C42H75N5O25.C17H31NO7.C16H30N2O7/c1-3-43-23(50)7-5-4-6-8-44-24(51)13-47(14-25(52)45-9-11-65-39-34(61)31(58)27(54)19(2)68-39)15-26(53)46-10-12-66-41-37(64)38(72-42-36(63)33(60)29(56)21(17-49)70-42)30(57)22(71-41)18-67-40-35(62)32(59)28(55)20(16-48)69-40;1-3-18-13(20)9-5-4-7-12(19)8-6-10-24-17-16(23)15(22)14(21)11(2)25-17;1-3-17-11(19)6-4-5-7-12(20)18-8-9-24-16-15(23)14(22)13(21)10(2)25-16/h19-22,27-42,48-49,54-64H,3-18H2,1-2H3,(H,43,50)(H,44,51)(H,45,52)(H,46,53);11,14-17,21-23H,3-10H2,1-2H3,(H,18,20);10,13-16,21-23H,3-9H2,1-2H3,(H,17,19)(H,18,20)/t19-,20+,21+,22+,27+,28+,29+,30+,31+,32-,33-,34-,35-,36-,37-,38-,39+,40-,41+,42+;11-,14+,15+,16-,17+;10-,13+,14+,15-,16+/m000/s1. The van der Waals surface area contributed by atoms with E-state index in [0.29, 0.717) is 110 Å². The van der Waals surface area contributed by atoms with Crippen LogP contribution in [0.4, 0.5) is 0 Å². The third-order valence-corrected chi connectivity index (χ3v) is 20.3. The van der Waals surface area contributed by atoms with E-state index in [1.54, 1.807) is 13.8 Å². The molecule has 6 saturated heterocycles. The summed E-state index contributed by atoms with van der Waals surface area (Å²) in [5.41, 5.74) is 0. The summed E-state index contributed by atoms with van der Waals surface area (Å²) in [4.78, 5) is 98.1. The van der Waals surface area contributed by atoms with Crippen molar-refractivity contribution in [2.75, 3.05) is 112 Å². The molecule has 6 heterocycles. The molecule has 47 heteroatoms. The van der Waals surface area contributed by atoms with Crippen molar-refractivity contribution in [2.45, 2.75) is 316 Å². The van der Waals surface area contributed by atoms with Crippen LogP contribution >= 0.6 is 0 Å². The maximum absolute atomic E-state index is 13.2. The summed E-state index contributed by atoms with van der Waals surface area (Å²) in [7, 11) is 0. The predicted octanol–water partition coefficient (Wildman–Crippen LogP) is -11.8. The number of rotatable bonds is 49. The first-order valence-corrected chi connectivity index (χ1v) is 41.5. The summed E-state index contributed by atoms with van der Waals surface area (Å²) in [6, 6.07) is 0. The Morgan fingerprint density at radius 2 is 0.590 bits per heavy atom. The van der Waals surface area contributed by atoms with Crippen LogP contribution in [0.25, 0.3) is 0 Å². The predicted molar refractivity (Wildman–Crippen MR) is 414 cm³/mol. The minimum absolute atomic E-state index is 0.0101. The van der Waals surface area contributed by atoms with Crippen molar-refractivity contribution in [3.05, 3.63) is 0 Å². The van der Waals surface area contributed by atoms with Crippen molar-refractivity contribution in [1.29, 1.82) is 0 Å². The Morgan fingerprint density at radius 1 is 0.287 bits per heavy atom. The van der Waals surface area contributed by atoms with E-state index in [0.717, 1.165) is 0 Å². The fourth-order valence-corrected chi connectivity index (χ4v) is 13.1. The monoisotopic (exact) mass is 1770 g/mol. The fraction of sp³-hybridized carbons (Fsp3) is 0.893. The Bertz CT molecular complexity index is 2930. The number of carbonyl (C=O) groups excluding carboxylic acids is 8. The molecule has 0 aromatic carbocycles. The molecule has 0 aromatic rings. The SMILES string of the molecule is CCNC(=O)CCCCC(=O)CCCO[C@@H]1O[C@@H](C)[C@@H](O)[C@@H](O)[C@@H]1O.CCNC(=O)CCCCC(=O)NCCO[C@@H]1O[C@@H](C)[C@@H](O)[C@@H](O)[C@@H]1O.CCNC(=O)CCCCCNC(=O)CN(CC(=O)NCCO[C@@H]1O[C@@H](C)[C@@H](O)[C@@H](O)[C@@H]1O)CC(=O)NCCO[C@@H]1O[C@H](CO[C@H]2O[C@H](CO)[C@@H](O)[C@H](O)[C@@H]2O)[C@@H](O)[C@H](O[C@H]2O[C@H](CO)[C@@H](O)[C@H](O)[C@@H]2O)[C@@H]1O. The summed E-state index contributed by atoms with van der Waals surface area (Å²) >= 11 is 0. The molecule has 26 N–H and O–H groups in total. The molecule has 0 spiro atoms. The highest BCUT2D eigenvalue weighted by atomic mass is 16.8. The number of amides is 7. The van der Waals surface area contributed by atoms with Crippen LogP contribution < -0.4 is 37.2 Å². The Hall–Kier alpha value is -5.32. The Balaban J connectivity index is 0.000000504. The first kappa shape index (κ1) is 109. The average Bonchev–Trinajstić information content (AvgIpc) is 0.786. The van der Waals surface area contributed by atoms with Gasteiger partial charge in [-0.05, 0) is 86.5 Å². The van der Waals surface area contributed by atoms with Gasteiger partial charge in [0.25, 0.3) is 0 Å². The second kappa shape index (κ2) is 58.2. The van der Waals surface area contributed by atoms with E-state index < -0.39 is 248 Å². The van der Waals surface area contributed by atoms with Gasteiger partial charge in [-0.15, -0.1) is 0 Å². The number of hydrogen-bond donors (Lipinski definition) is 26. The molecular formula is C75H136N8O39. The number of ketones is 1. The van der Waals surface area contributed by atoms with Gasteiger partial charge in [-0.2, -0.15) is 0 Å². The van der Waals surface area contributed by atoms with Crippen molar-refractivity contribution in [3.8, 4) is 0 Å². The fourth-order valence-electron chi connectivity index (χ4n) is 13.1. The first-order valence-electron chi connectivity index (χ1n) is 41.5. The van der Waals surface area contributed by atoms with Gasteiger partial charge in [-0.25, -0.2) is 0 Å². The van der Waals surface area contributed by atoms with Crippen molar-refractivity contribution >= 4 is 47.1 Å². The number of nitrogens with zero attached hydrogens (tertiary/aromatic N) is 1. The lowest BCUT2D eigenvalue weighted by atomic mass is 9.96. The van der Waals surface area contributed by atoms with Crippen LogP contribution in [0.15, 0.2) is 0 Å². The van der Waals surface area contributed by atoms with E-state index in [-0.39, 0.29) is 75.4 Å². The third-order valence-electron chi connectivity index (χ3n) is 20.3. The number of aliphatic hydroxyl groups is 19. The Kier molecular flexibility index (Phi) is 52.0. The van der Waals surface area contributed by atoms with Crippen molar-refractivity contribution in [3.63, 3.8) is 0 Å². The van der Waals surface area contributed by atoms with E-state index in [4.69, 9.17) is 56.8 Å². The molecule has 47 nitrogen and oxygen atoms in total. The van der Waals surface area contributed by atoms with Gasteiger partial charge < -0.3 is 191 Å². The highest BCUT2D eigenvalue weighted by Crippen LogP contribution is 2.32. The van der Waals surface area contributed by atoms with E-state index in [9.17, 15) is 135 Å². The molecule has 6 aliphatic heterocycles. The smallest absolute Gasteiger partial charge is 0.234 e. The number of Topliss-reactive ketones (excluding diaryl/α,β-unsaturated/α-hetero) is 1. The average molecular weight is 1770 g/mol. The highest BCUT2D eigenvalue weighted by Gasteiger charge is 2.53. The molecule has 0 bridgehead atoms. The second-order valence-electron chi connectivity index (χ2n) is 30.2. The molecule has 0 unspecified atom stereocenters. The number of carbonyl (C=O) groups is 8. The largest absolute Gasteiger partial charge is 0.394 e. The molecule has 122 heavy (non-hydrogen) atoms. The summed E-state index contributed by atoms with van der Waals surface area (Å²) in [6.45, 7) is 7.90. The first-order chi connectivity index (χ1) is 57.9. The molecule has 710 valence electrons. The maximum atomic E-state index is 13.2. The lowest BCUT2D eigenvalue weighted by Gasteiger charge is -2.46. The van der Waals surface area contributed by atoms with Crippen LogP contribution in [-0.2, 0) is 95.2 Å². The molecular weight excluding hydrogens is 1640 g/mol. The number of hydrogen-bond acceptors (Lipinski definition) is 40. The van der Waals surface area contributed by atoms with E-state index in [1.807, 2.05) is 20.8 Å². The number of ether oxygens (including phenoxy) is 12. The molecule has 6 rings (SSSR count). The van der Waals surface area contributed by atoms with Crippen LogP contribution in [0.1, 0.15) is 131 Å². The third kappa shape index (κ3) is 37.2. The molecule has 6 aliphatic rings. The zero-order valence-corrected chi connectivity index (χ0v) is 69.9. The van der Waals surface area contributed by atoms with E-state index in [2.05, 4.69) is 37.2 Å². The van der Waals surface area contributed by atoms with Gasteiger partial charge in [0, 0.05) is 84.3 Å². The van der Waals surface area contributed by atoms with E-state index >= 15 is 0 Å². The maximum Gasteiger partial charge on any atom is 0.234 e. The van der Waals surface area contributed by atoms with Gasteiger partial charge in [0.1, 0.15) is 134 Å². The molecule has 0 radical (unpaired) electrons. The van der Waals surface area contributed by atoms with Crippen LogP contribution in [0.3, 0.4) is 0 Å². The van der Waals surface area contributed by atoms with Gasteiger partial charge in [0.15, 0.2) is 37.7 Å². The minimum Gasteiger partial charge on any atom is -0.394 e. The minimum atomic E-state index is -1.97. The molecule has 30 atom stereocenters. The molecule has 0 aromatic heterocycles. The second-order valence-corrected chi connectivity index (χ2v) is 30.2. The summed E-state index contributed by atoms with van der Waals surface area (Å²) < 4.78 is 65.5. The lowest BCUT2D eigenvalue weighted by molar-refractivity contribution is -0.366. The van der Waals surface area contributed by atoms with Crippen LogP contribution in [-0.4, -0.2) is 445 Å². The summed E-state index contributed by atoms with van der Waals surface area (Å²) in [5.74, 6) is -2.00. The van der Waals surface area contributed by atoms with Crippen molar-refractivity contribution < 1.29 is 192 Å². The molecule has 0 aliphatic carbocycles. The van der Waals surface area contributed by atoms with Crippen LogP contribution in [0.2, 0.25) is 0 Å². The van der Waals surface area contributed by atoms with Crippen LogP contribution in [0, 0.1) is 0 Å². The number of nitrogens with one attached hydrogen (secondary N) is 7. The summed E-state index contributed by atoms with van der Waals surface area (Å²) in [5, 5.41) is 211. The lowest BCUT2D eigenvalue weighted by Crippen LogP contribution is -2.65. The number of unbranched alkanes of at least 4 members (excludes halogenated alkanes) is 4. The quantitative estimate of drug-likeness (QED) is 0.0252. The Labute approximate surface area is 706 Å². The Morgan fingerprint density at radius 3 is 0.984 bits per heavy atom. The van der Waals surface area contributed by atoms with Crippen molar-refractivity contribution in [1.82, 2.24) is 42.1 Å². The van der Waals surface area contributed by atoms with Gasteiger partial charge >= 0.3 is 0 Å².